The van der Waals surface area contributed by atoms with Gasteiger partial charge in [-0.15, -0.1) is 0 Å². The van der Waals surface area contributed by atoms with Crippen molar-refractivity contribution in [3.05, 3.63) is 28.2 Å². The highest BCUT2D eigenvalue weighted by Gasteiger charge is 2.20. The van der Waals surface area contributed by atoms with Crippen molar-refractivity contribution in [2.75, 3.05) is 24.6 Å². The number of nitrogens with two attached hydrogens (primary N) is 1. The molecule has 0 radical (unpaired) electrons. The summed E-state index contributed by atoms with van der Waals surface area (Å²) in [6, 6.07) is 6.14. The van der Waals surface area contributed by atoms with Crippen molar-refractivity contribution in [2.45, 2.75) is 25.9 Å². The molecule has 0 saturated carbocycles. The van der Waals surface area contributed by atoms with Crippen LogP contribution in [0.3, 0.4) is 0 Å². The molecule has 1 fully saturated rings. The van der Waals surface area contributed by atoms with Crippen molar-refractivity contribution in [3.63, 3.8) is 0 Å². The molecular formula is C14H19BrN2OS. The minimum absolute atomic E-state index is 0.341. The second-order valence-electron chi connectivity index (χ2n) is 4.69. The Kier molecular flexibility index (Phi) is 5.19. The van der Waals surface area contributed by atoms with Gasteiger partial charge in [-0.1, -0.05) is 12.2 Å². The number of hydrogen-bond donors (Lipinski definition) is 1. The third-order valence-electron chi connectivity index (χ3n) is 3.36. The lowest BCUT2D eigenvalue weighted by Crippen LogP contribution is -2.39. The molecule has 1 aliphatic rings. The highest BCUT2D eigenvalue weighted by atomic mass is 79.9. The highest BCUT2D eigenvalue weighted by Crippen LogP contribution is 2.27. The summed E-state index contributed by atoms with van der Waals surface area (Å²) in [5.74, 6) is 0. The van der Waals surface area contributed by atoms with E-state index in [4.69, 9.17) is 22.7 Å². The topological polar surface area (TPSA) is 38.5 Å². The number of anilines is 1. The van der Waals surface area contributed by atoms with Crippen molar-refractivity contribution in [3.8, 4) is 0 Å². The molecule has 0 bridgehead atoms. The van der Waals surface area contributed by atoms with E-state index in [0.29, 0.717) is 11.1 Å². The van der Waals surface area contributed by atoms with Crippen LogP contribution in [0.25, 0.3) is 0 Å². The summed E-state index contributed by atoms with van der Waals surface area (Å²) in [6.07, 6.45) is 2.66. The van der Waals surface area contributed by atoms with Crippen LogP contribution in [0.15, 0.2) is 22.7 Å². The average molecular weight is 343 g/mol. The van der Waals surface area contributed by atoms with Crippen molar-refractivity contribution in [1.82, 2.24) is 0 Å². The number of piperidine rings is 1. The summed E-state index contributed by atoms with van der Waals surface area (Å²) in [5.41, 5.74) is 7.75. The quantitative estimate of drug-likeness (QED) is 0.853. The van der Waals surface area contributed by atoms with Crippen LogP contribution >= 0.6 is 28.1 Å². The van der Waals surface area contributed by atoms with E-state index in [-0.39, 0.29) is 0 Å². The molecule has 0 aliphatic carbocycles. The van der Waals surface area contributed by atoms with Crippen LogP contribution in [0, 0.1) is 0 Å². The first-order chi connectivity index (χ1) is 9.11. The Balaban J connectivity index is 2.13. The third-order valence-corrected chi connectivity index (χ3v) is 4.24. The molecule has 2 N–H and O–H groups in total. The molecule has 1 atom stereocenters. The number of hydrogen-bond acceptors (Lipinski definition) is 3. The summed E-state index contributed by atoms with van der Waals surface area (Å²) >= 11 is 8.55. The van der Waals surface area contributed by atoms with Gasteiger partial charge in [-0.3, -0.25) is 0 Å². The molecule has 3 nitrogen and oxygen atoms in total. The van der Waals surface area contributed by atoms with Crippen molar-refractivity contribution >= 4 is 38.8 Å². The molecule has 1 aromatic carbocycles. The van der Waals surface area contributed by atoms with E-state index < -0.39 is 0 Å². The number of benzene rings is 1. The zero-order valence-corrected chi connectivity index (χ0v) is 13.5. The second kappa shape index (κ2) is 6.68. The number of nitrogens with zero attached hydrogens (tertiary/aromatic N) is 1. The highest BCUT2D eigenvalue weighted by molar-refractivity contribution is 9.10. The molecule has 1 unspecified atom stereocenters. The molecular weight excluding hydrogens is 324 g/mol. The van der Waals surface area contributed by atoms with Crippen LogP contribution in [-0.2, 0) is 4.74 Å². The minimum atomic E-state index is 0.341. The predicted octanol–water partition coefficient (Wildman–Crippen LogP) is 3.09. The number of ether oxygens (including phenoxy) is 1. The van der Waals surface area contributed by atoms with E-state index in [2.05, 4.69) is 33.0 Å². The van der Waals surface area contributed by atoms with Gasteiger partial charge in [-0.05, 0) is 53.9 Å². The normalized spacial score (nSPS) is 19.5. The van der Waals surface area contributed by atoms with Gasteiger partial charge in [0.25, 0.3) is 0 Å². The van der Waals surface area contributed by atoms with Gasteiger partial charge in [-0.2, -0.15) is 0 Å². The lowest BCUT2D eigenvalue weighted by Gasteiger charge is -2.34. The van der Waals surface area contributed by atoms with Gasteiger partial charge in [0.05, 0.1) is 6.10 Å². The van der Waals surface area contributed by atoms with E-state index in [0.717, 1.165) is 36.2 Å². The van der Waals surface area contributed by atoms with E-state index in [1.807, 2.05) is 13.0 Å². The molecule has 104 valence electrons. The average Bonchev–Trinajstić information content (AvgIpc) is 2.39. The van der Waals surface area contributed by atoms with Gasteiger partial charge in [0.15, 0.2) is 0 Å². The summed E-state index contributed by atoms with van der Waals surface area (Å²) in [5, 5.41) is 0. The lowest BCUT2D eigenvalue weighted by atomic mass is 10.1. The Bertz CT molecular complexity index is 465. The Hall–Kier alpha value is -0.650. The van der Waals surface area contributed by atoms with Crippen LogP contribution in [-0.4, -0.2) is 30.8 Å². The molecule has 1 heterocycles. The van der Waals surface area contributed by atoms with Gasteiger partial charge >= 0.3 is 0 Å². The number of rotatable bonds is 4. The van der Waals surface area contributed by atoms with Crippen molar-refractivity contribution in [2.24, 2.45) is 5.73 Å². The van der Waals surface area contributed by atoms with E-state index >= 15 is 0 Å². The monoisotopic (exact) mass is 342 g/mol. The number of thiocarbonyl (C=S) groups is 1. The first-order valence-corrected chi connectivity index (χ1v) is 7.78. The van der Waals surface area contributed by atoms with E-state index in [9.17, 15) is 0 Å². The van der Waals surface area contributed by atoms with Gasteiger partial charge in [0.1, 0.15) is 4.99 Å². The Morgan fingerprint density at radius 2 is 2.37 bits per heavy atom. The fourth-order valence-electron chi connectivity index (χ4n) is 2.44. The summed E-state index contributed by atoms with van der Waals surface area (Å²) in [7, 11) is 0. The molecule has 1 aromatic rings. The van der Waals surface area contributed by atoms with Crippen LogP contribution in [0.2, 0.25) is 0 Å². The molecule has 0 aromatic heterocycles. The molecule has 1 saturated heterocycles. The Labute approximate surface area is 128 Å². The van der Waals surface area contributed by atoms with E-state index in [1.54, 1.807) is 0 Å². The standard InChI is InChI=1S/C14H19BrN2OS/c1-2-18-11-4-3-7-17(9-11)10-5-6-12(14(16)19)13(15)8-10/h5-6,8,11H,2-4,7,9H2,1H3,(H2,16,19). The second-order valence-corrected chi connectivity index (χ2v) is 5.99. The van der Waals surface area contributed by atoms with Crippen LogP contribution in [0.5, 0.6) is 0 Å². The van der Waals surface area contributed by atoms with Gasteiger partial charge in [-0.25, -0.2) is 0 Å². The Morgan fingerprint density at radius 3 is 3.00 bits per heavy atom. The lowest BCUT2D eigenvalue weighted by molar-refractivity contribution is 0.0527. The molecule has 0 amide bonds. The van der Waals surface area contributed by atoms with E-state index in [1.165, 1.54) is 12.1 Å². The SMILES string of the molecule is CCOC1CCCN(c2ccc(C(N)=S)c(Br)c2)C1. The zero-order chi connectivity index (χ0) is 13.8. The molecule has 1 aliphatic heterocycles. The molecule has 19 heavy (non-hydrogen) atoms. The minimum Gasteiger partial charge on any atom is -0.389 e. The van der Waals surface area contributed by atoms with Crippen LogP contribution < -0.4 is 10.6 Å². The molecule has 2 rings (SSSR count). The Morgan fingerprint density at radius 1 is 1.58 bits per heavy atom. The van der Waals surface area contributed by atoms with Gasteiger partial charge < -0.3 is 15.4 Å². The van der Waals surface area contributed by atoms with Gasteiger partial charge in [0, 0.05) is 35.4 Å². The summed E-state index contributed by atoms with van der Waals surface area (Å²) < 4.78 is 6.69. The maximum Gasteiger partial charge on any atom is 0.105 e. The van der Waals surface area contributed by atoms with Crippen LogP contribution in [0.4, 0.5) is 5.69 Å². The van der Waals surface area contributed by atoms with Gasteiger partial charge in [0.2, 0.25) is 0 Å². The zero-order valence-electron chi connectivity index (χ0n) is 11.1. The third kappa shape index (κ3) is 3.68. The van der Waals surface area contributed by atoms with Crippen molar-refractivity contribution < 1.29 is 4.74 Å². The fourth-order valence-corrected chi connectivity index (χ4v) is 3.33. The summed E-state index contributed by atoms with van der Waals surface area (Å²) in [4.78, 5) is 2.78. The first-order valence-electron chi connectivity index (χ1n) is 6.57. The maximum atomic E-state index is 5.73. The summed E-state index contributed by atoms with van der Waals surface area (Å²) in [6.45, 7) is 4.85. The smallest absolute Gasteiger partial charge is 0.105 e. The predicted molar refractivity (Wildman–Crippen MR) is 86.9 cm³/mol. The van der Waals surface area contributed by atoms with Crippen LogP contribution in [0.1, 0.15) is 25.3 Å². The first kappa shape index (κ1) is 14.8. The molecule has 5 heteroatoms. The maximum absolute atomic E-state index is 5.73. The fraction of sp³-hybridized carbons (Fsp3) is 0.500. The number of halogens is 1. The largest absolute Gasteiger partial charge is 0.389 e. The molecule has 0 spiro atoms. The van der Waals surface area contributed by atoms with Crippen molar-refractivity contribution in [1.29, 1.82) is 0 Å².